The Morgan fingerprint density at radius 1 is 1.27 bits per heavy atom. The lowest BCUT2D eigenvalue weighted by atomic mass is 10.2. The fourth-order valence-electron chi connectivity index (χ4n) is 2.32. The zero-order chi connectivity index (χ0) is 15.7. The first-order chi connectivity index (χ1) is 10.6. The SMILES string of the molecule is COc1ccccc1NC(=O)c1cnc2cc(C)nn2c1C. The third-order valence-corrected chi connectivity index (χ3v) is 3.45. The number of hydrogen-bond acceptors (Lipinski definition) is 4. The minimum atomic E-state index is -0.246. The van der Waals surface area contributed by atoms with E-state index in [0.717, 1.165) is 17.0 Å². The maximum Gasteiger partial charge on any atom is 0.259 e. The van der Waals surface area contributed by atoms with Crippen LogP contribution in [0.25, 0.3) is 5.65 Å². The fourth-order valence-corrected chi connectivity index (χ4v) is 2.32. The number of carbonyl (C=O) groups is 1. The fraction of sp³-hybridized carbons (Fsp3) is 0.188. The summed E-state index contributed by atoms with van der Waals surface area (Å²) in [4.78, 5) is 16.8. The van der Waals surface area contributed by atoms with Crippen LogP contribution in [0.15, 0.2) is 36.5 Å². The van der Waals surface area contributed by atoms with Gasteiger partial charge in [0.25, 0.3) is 5.91 Å². The van der Waals surface area contributed by atoms with Gasteiger partial charge in [0.1, 0.15) is 5.75 Å². The number of rotatable bonds is 3. The number of nitrogens with one attached hydrogen (secondary N) is 1. The highest BCUT2D eigenvalue weighted by atomic mass is 16.5. The molecule has 0 saturated heterocycles. The van der Waals surface area contributed by atoms with Crippen LogP contribution < -0.4 is 10.1 Å². The van der Waals surface area contributed by atoms with Gasteiger partial charge in [0, 0.05) is 12.3 Å². The molecule has 0 aliphatic carbocycles. The molecule has 6 heteroatoms. The van der Waals surface area contributed by atoms with Crippen molar-refractivity contribution in [3.05, 3.63) is 53.5 Å². The molecule has 0 fully saturated rings. The quantitative estimate of drug-likeness (QED) is 0.806. The van der Waals surface area contributed by atoms with E-state index >= 15 is 0 Å². The van der Waals surface area contributed by atoms with Gasteiger partial charge < -0.3 is 10.1 Å². The van der Waals surface area contributed by atoms with Crippen molar-refractivity contribution in [2.75, 3.05) is 12.4 Å². The molecule has 0 atom stereocenters. The van der Waals surface area contributed by atoms with Crippen LogP contribution in [0.5, 0.6) is 5.75 Å². The van der Waals surface area contributed by atoms with E-state index in [1.807, 2.05) is 32.0 Å². The molecule has 0 bridgehead atoms. The molecule has 1 aromatic carbocycles. The average molecular weight is 296 g/mol. The van der Waals surface area contributed by atoms with Crippen LogP contribution in [0.1, 0.15) is 21.7 Å². The van der Waals surface area contributed by atoms with Crippen LogP contribution in [0.3, 0.4) is 0 Å². The third-order valence-electron chi connectivity index (χ3n) is 3.45. The van der Waals surface area contributed by atoms with Gasteiger partial charge in [0.05, 0.1) is 29.7 Å². The van der Waals surface area contributed by atoms with Crippen LogP contribution >= 0.6 is 0 Å². The third kappa shape index (κ3) is 2.39. The molecule has 6 nitrogen and oxygen atoms in total. The Kier molecular flexibility index (Phi) is 3.50. The Labute approximate surface area is 127 Å². The van der Waals surface area contributed by atoms with Gasteiger partial charge in [-0.3, -0.25) is 4.79 Å². The highest BCUT2D eigenvalue weighted by molar-refractivity contribution is 6.05. The summed E-state index contributed by atoms with van der Waals surface area (Å²) in [5, 5.41) is 7.19. The van der Waals surface area contributed by atoms with E-state index in [0.29, 0.717) is 17.0 Å². The number of anilines is 1. The first kappa shape index (κ1) is 14.1. The molecule has 3 rings (SSSR count). The molecule has 0 spiro atoms. The Morgan fingerprint density at radius 2 is 2.05 bits per heavy atom. The summed E-state index contributed by atoms with van der Waals surface area (Å²) in [6, 6.07) is 9.13. The van der Waals surface area contributed by atoms with Gasteiger partial charge in [-0.15, -0.1) is 0 Å². The molecular formula is C16H16N4O2. The van der Waals surface area contributed by atoms with E-state index in [-0.39, 0.29) is 5.91 Å². The number of ether oxygens (including phenoxy) is 1. The van der Waals surface area contributed by atoms with E-state index in [4.69, 9.17) is 4.74 Å². The Bertz CT molecular complexity index is 854. The van der Waals surface area contributed by atoms with Gasteiger partial charge in [-0.1, -0.05) is 12.1 Å². The topological polar surface area (TPSA) is 68.5 Å². The summed E-state index contributed by atoms with van der Waals surface area (Å²) in [6.07, 6.45) is 1.57. The first-order valence-electron chi connectivity index (χ1n) is 6.86. The largest absolute Gasteiger partial charge is 0.495 e. The van der Waals surface area contributed by atoms with Crippen molar-refractivity contribution in [1.29, 1.82) is 0 Å². The van der Waals surface area contributed by atoms with Gasteiger partial charge in [-0.05, 0) is 26.0 Å². The van der Waals surface area contributed by atoms with Gasteiger partial charge in [-0.2, -0.15) is 5.10 Å². The lowest BCUT2D eigenvalue weighted by molar-refractivity contribution is 0.102. The van der Waals surface area contributed by atoms with E-state index in [9.17, 15) is 4.79 Å². The molecular weight excluding hydrogens is 280 g/mol. The molecule has 1 amide bonds. The van der Waals surface area contributed by atoms with E-state index in [2.05, 4.69) is 15.4 Å². The number of aryl methyl sites for hydroxylation is 2. The van der Waals surface area contributed by atoms with Crippen molar-refractivity contribution >= 4 is 17.2 Å². The summed E-state index contributed by atoms with van der Waals surface area (Å²) < 4.78 is 6.91. The van der Waals surface area contributed by atoms with E-state index in [1.165, 1.54) is 0 Å². The summed E-state index contributed by atoms with van der Waals surface area (Å²) in [7, 11) is 1.57. The zero-order valence-electron chi connectivity index (χ0n) is 12.6. The number of carbonyl (C=O) groups excluding carboxylic acids is 1. The van der Waals surface area contributed by atoms with Crippen molar-refractivity contribution in [2.45, 2.75) is 13.8 Å². The number of hydrogen-bond donors (Lipinski definition) is 1. The van der Waals surface area contributed by atoms with Crippen LogP contribution in [0.4, 0.5) is 5.69 Å². The Balaban J connectivity index is 1.97. The van der Waals surface area contributed by atoms with Crippen molar-refractivity contribution in [3.63, 3.8) is 0 Å². The van der Waals surface area contributed by atoms with Crippen LogP contribution in [0.2, 0.25) is 0 Å². The van der Waals surface area contributed by atoms with Gasteiger partial charge in [0.2, 0.25) is 0 Å². The molecule has 2 aromatic heterocycles. The maximum atomic E-state index is 12.5. The van der Waals surface area contributed by atoms with Gasteiger partial charge in [-0.25, -0.2) is 9.50 Å². The van der Waals surface area contributed by atoms with Crippen molar-refractivity contribution in [2.24, 2.45) is 0 Å². The zero-order valence-corrected chi connectivity index (χ0v) is 12.6. The molecule has 2 heterocycles. The lowest BCUT2D eigenvalue weighted by Crippen LogP contribution is -2.16. The number of methoxy groups -OCH3 is 1. The Morgan fingerprint density at radius 3 is 2.82 bits per heavy atom. The van der Waals surface area contributed by atoms with Crippen LogP contribution in [-0.2, 0) is 0 Å². The highest BCUT2D eigenvalue weighted by Crippen LogP contribution is 2.24. The van der Waals surface area contributed by atoms with Crippen LogP contribution in [-0.4, -0.2) is 27.6 Å². The summed E-state index contributed by atoms with van der Waals surface area (Å²) >= 11 is 0. The van der Waals surface area contributed by atoms with Crippen LogP contribution in [0, 0.1) is 13.8 Å². The molecule has 22 heavy (non-hydrogen) atoms. The summed E-state index contributed by atoms with van der Waals surface area (Å²) in [5.41, 5.74) is 3.42. The monoisotopic (exact) mass is 296 g/mol. The minimum absolute atomic E-state index is 0.246. The van der Waals surface area contributed by atoms with Crippen molar-refractivity contribution in [1.82, 2.24) is 14.6 Å². The smallest absolute Gasteiger partial charge is 0.259 e. The second kappa shape index (κ2) is 5.48. The second-order valence-corrected chi connectivity index (χ2v) is 4.97. The second-order valence-electron chi connectivity index (χ2n) is 4.97. The van der Waals surface area contributed by atoms with E-state index in [1.54, 1.807) is 30.0 Å². The number of nitrogens with zero attached hydrogens (tertiary/aromatic N) is 3. The van der Waals surface area contributed by atoms with Gasteiger partial charge in [0.15, 0.2) is 5.65 Å². The standard InChI is InChI=1S/C16H16N4O2/c1-10-8-15-17-9-12(11(2)20(15)19-10)16(21)18-13-6-4-5-7-14(13)22-3/h4-9H,1-3H3,(H,18,21). The van der Waals surface area contributed by atoms with Crippen molar-refractivity contribution < 1.29 is 9.53 Å². The summed E-state index contributed by atoms with van der Waals surface area (Å²) in [6.45, 7) is 3.74. The molecule has 0 radical (unpaired) electrons. The molecule has 0 aliphatic rings. The minimum Gasteiger partial charge on any atom is -0.495 e. The summed E-state index contributed by atoms with van der Waals surface area (Å²) in [5.74, 6) is 0.363. The number of benzene rings is 1. The number of amides is 1. The van der Waals surface area contributed by atoms with Gasteiger partial charge >= 0.3 is 0 Å². The molecule has 112 valence electrons. The number of aromatic nitrogens is 3. The number of fused-ring (bicyclic) bond motifs is 1. The predicted molar refractivity (Wildman–Crippen MR) is 83.4 cm³/mol. The molecule has 3 aromatic rings. The lowest BCUT2D eigenvalue weighted by Gasteiger charge is -2.11. The molecule has 0 saturated carbocycles. The molecule has 0 aliphatic heterocycles. The predicted octanol–water partition coefficient (Wildman–Crippen LogP) is 2.61. The first-order valence-corrected chi connectivity index (χ1v) is 6.86. The van der Waals surface area contributed by atoms with Crippen molar-refractivity contribution in [3.8, 4) is 5.75 Å². The highest BCUT2D eigenvalue weighted by Gasteiger charge is 2.15. The maximum absolute atomic E-state index is 12.5. The average Bonchev–Trinajstić information content (AvgIpc) is 2.89. The molecule has 1 N–H and O–H groups in total. The molecule has 0 unspecified atom stereocenters. The number of para-hydroxylation sites is 2. The Hall–Kier alpha value is -2.89. The normalized spacial score (nSPS) is 10.7. The van der Waals surface area contributed by atoms with E-state index < -0.39 is 0 Å².